The maximum absolute atomic E-state index is 11.0. The van der Waals surface area contributed by atoms with Gasteiger partial charge in [-0.15, -0.1) is 0 Å². The maximum atomic E-state index is 11.0. The topological polar surface area (TPSA) is 79.0 Å². The van der Waals surface area contributed by atoms with E-state index < -0.39 is 4.92 Å². The number of hydrogen-bond donors (Lipinski definition) is 1. The molecule has 1 aromatic rings. The average molecular weight is 245 g/mol. The predicted molar refractivity (Wildman–Crippen MR) is 68.2 cm³/mol. The monoisotopic (exact) mass is 245 g/mol. The van der Waals surface area contributed by atoms with Gasteiger partial charge in [0.25, 0.3) is 5.69 Å². The summed E-state index contributed by atoms with van der Waals surface area (Å²) in [6.45, 7) is 2.14. The van der Waals surface area contributed by atoms with E-state index in [-0.39, 0.29) is 5.69 Å². The van der Waals surface area contributed by atoms with Crippen molar-refractivity contribution in [1.82, 2.24) is 0 Å². The van der Waals surface area contributed by atoms with Crippen molar-refractivity contribution in [3.63, 3.8) is 0 Å². The van der Waals surface area contributed by atoms with Crippen LogP contribution in [0.25, 0.3) is 0 Å². The van der Waals surface area contributed by atoms with Gasteiger partial charge in [-0.2, -0.15) is 5.26 Å². The second kappa shape index (κ2) is 5.05. The Morgan fingerprint density at radius 3 is 3.00 bits per heavy atom. The molecule has 18 heavy (non-hydrogen) atoms. The Labute approximate surface area is 106 Å². The Morgan fingerprint density at radius 2 is 2.39 bits per heavy atom. The van der Waals surface area contributed by atoms with Crippen molar-refractivity contribution in [2.24, 2.45) is 5.92 Å². The number of nitrogens with zero attached hydrogens (tertiary/aromatic N) is 2. The number of nitro groups is 1. The smallest absolute Gasteiger partial charge is 0.293 e. The van der Waals surface area contributed by atoms with Crippen molar-refractivity contribution in [3.05, 3.63) is 33.9 Å². The van der Waals surface area contributed by atoms with Gasteiger partial charge in [-0.05, 0) is 30.9 Å². The number of rotatable bonds is 5. The molecule has 1 N–H and O–H groups in total. The lowest BCUT2D eigenvalue weighted by atomic mass is 10.2. The molecule has 2 unspecified atom stereocenters. The average Bonchev–Trinajstić information content (AvgIpc) is 3.08. The zero-order valence-electron chi connectivity index (χ0n) is 10.2. The predicted octanol–water partition coefficient (Wildman–Crippen LogP) is 3.07. The summed E-state index contributed by atoms with van der Waals surface area (Å²) in [7, 11) is 0. The van der Waals surface area contributed by atoms with E-state index in [0.29, 0.717) is 23.2 Å². The second-order valence-electron chi connectivity index (χ2n) is 4.64. The molecule has 1 aromatic carbocycles. The van der Waals surface area contributed by atoms with Crippen molar-refractivity contribution in [2.75, 3.05) is 5.32 Å². The van der Waals surface area contributed by atoms with Crippen molar-refractivity contribution >= 4 is 11.4 Å². The molecule has 0 saturated heterocycles. The fourth-order valence-electron chi connectivity index (χ4n) is 2.19. The van der Waals surface area contributed by atoms with Crippen molar-refractivity contribution in [1.29, 1.82) is 5.26 Å². The number of nitro benzene ring substituents is 1. The molecule has 1 fully saturated rings. The molecule has 5 heteroatoms. The largest absolute Gasteiger partial charge is 0.376 e. The third kappa shape index (κ3) is 2.59. The van der Waals surface area contributed by atoms with E-state index in [9.17, 15) is 10.1 Å². The molecular formula is C13H15N3O2. The second-order valence-corrected chi connectivity index (χ2v) is 4.64. The molecule has 0 heterocycles. The number of nitriles is 1. The molecule has 0 radical (unpaired) electrons. The molecule has 0 amide bonds. The Morgan fingerprint density at radius 1 is 1.61 bits per heavy atom. The first-order valence-electron chi connectivity index (χ1n) is 6.10. The minimum absolute atomic E-state index is 0.0174. The molecular weight excluding hydrogens is 230 g/mol. The van der Waals surface area contributed by atoms with Crippen LogP contribution in [0.4, 0.5) is 11.4 Å². The van der Waals surface area contributed by atoms with Gasteiger partial charge in [0.05, 0.1) is 16.6 Å². The van der Waals surface area contributed by atoms with Crippen LogP contribution in [0.3, 0.4) is 0 Å². The summed E-state index contributed by atoms with van der Waals surface area (Å²) >= 11 is 0. The van der Waals surface area contributed by atoms with Gasteiger partial charge in [-0.3, -0.25) is 10.1 Å². The Hall–Kier alpha value is -2.09. The maximum Gasteiger partial charge on any atom is 0.293 e. The number of nitrogens with one attached hydrogen (secondary N) is 1. The van der Waals surface area contributed by atoms with Gasteiger partial charge < -0.3 is 5.32 Å². The molecule has 2 atom stereocenters. The highest BCUT2D eigenvalue weighted by molar-refractivity contribution is 5.65. The van der Waals surface area contributed by atoms with Crippen LogP contribution in [-0.2, 0) is 0 Å². The van der Waals surface area contributed by atoms with Crippen LogP contribution >= 0.6 is 0 Å². The molecule has 1 aliphatic carbocycles. The van der Waals surface area contributed by atoms with Crippen molar-refractivity contribution < 1.29 is 4.92 Å². The van der Waals surface area contributed by atoms with E-state index in [1.807, 2.05) is 6.07 Å². The Kier molecular flexibility index (Phi) is 3.47. The van der Waals surface area contributed by atoms with Gasteiger partial charge in [0, 0.05) is 12.1 Å². The fourth-order valence-corrected chi connectivity index (χ4v) is 2.19. The number of hydrogen-bond acceptors (Lipinski definition) is 4. The molecule has 5 nitrogen and oxygen atoms in total. The SMILES string of the molecule is CCCC1CC1Nc1ccc(C#N)cc1[N+](=O)[O-]. The summed E-state index contributed by atoms with van der Waals surface area (Å²) in [5, 5.41) is 22.9. The van der Waals surface area contributed by atoms with Crippen molar-refractivity contribution in [3.8, 4) is 6.07 Å². The first-order chi connectivity index (χ1) is 8.65. The highest BCUT2D eigenvalue weighted by Crippen LogP contribution is 2.39. The highest BCUT2D eigenvalue weighted by Gasteiger charge is 2.37. The number of anilines is 1. The number of benzene rings is 1. The van der Waals surface area contributed by atoms with Crippen LogP contribution in [0.15, 0.2) is 18.2 Å². The first kappa shape index (κ1) is 12.4. The third-order valence-electron chi connectivity index (χ3n) is 3.25. The quantitative estimate of drug-likeness (QED) is 0.638. The van der Waals surface area contributed by atoms with Crippen LogP contribution in [0.2, 0.25) is 0 Å². The summed E-state index contributed by atoms with van der Waals surface area (Å²) in [4.78, 5) is 10.5. The Bertz CT molecular complexity index is 507. The van der Waals surface area contributed by atoms with Gasteiger partial charge >= 0.3 is 0 Å². The highest BCUT2D eigenvalue weighted by atomic mass is 16.6. The van der Waals surface area contributed by atoms with E-state index >= 15 is 0 Å². The lowest BCUT2D eigenvalue weighted by Gasteiger charge is -2.06. The third-order valence-corrected chi connectivity index (χ3v) is 3.25. The summed E-state index contributed by atoms with van der Waals surface area (Å²) in [5.74, 6) is 0.630. The summed E-state index contributed by atoms with van der Waals surface area (Å²) in [6.07, 6.45) is 3.37. The van der Waals surface area contributed by atoms with E-state index in [0.717, 1.165) is 19.3 Å². The minimum atomic E-state index is -0.444. The van der Waals surface area contributed by atoms with Gasteiger partial charge in [0.2, 0.25) is 0 Å². The lowest BCUT2D eigenvalue weighted by Crippen LogP contribution is -2.07. The van der Waals surface area contributed by atoms with Crippen LogP contribution in [0, 0.1) is 27.4 Å². The molecule has 94 valence electrons. The molecule has 0 aliphatic heterocycles. The minimum Gasteiger partial charge on any atom is -0.376 e. The van der Waals surface area contributed by atoms with E-state index in [2.05, 4.69) is 12.2 Å². The lowest BCUT2D eigenvalue weighted by molar-refractivity contribution is -0.384. The van der Waals surface area contributed by atoms with Crippen LogP contribution < -0.4 is 5.32 Å². The summed E-state index contributed by atoms with van der Waals surface area (Å²) in [6, 6.07) is 6.81. The molecule has 0 bridgehead atoms. The van der Waals surface area contributed by atoms with Gasteiger partial charge in [-0.1, -0.05) is 13.3 Å². The molecule has 2 rings (SSSR count). The van der Waals surface area contributed by atoms with E-state index in [1.54, 1.807) is 12.1 Å². The molecule has 0 spiro atoms. The van der Waals surface area contributed by atoms with Crippen LogP contribution in [0.1, 0.15) is 31.7 Å². The van der Waals surface area contributed by atoms with E-state index in [1.165, 1.54) is 6.07 Å². The van der Waals surface area contributed by atoms with E-state index in [4.69, 9.17) is 5.26 Å². The summed E-state index contributed by atoms with van der Waals surface area (Å²) < 4.78 is 0. The summed E-state index contributed by atoms with van der Waals surface area (Å²) in [5.41, 5.74) is 0.812. The zero-order valence-corrected chi connectivity index (χ0v) is 10.2. The molecule has 0 aromatic heterocycles. The van der Waals surface area contributed by atoms with Crippen molar-refractivity contribution in [2.45, 2.75) is 32.2 Å². The van der Waals surface area contributed by atoms with Gasteiger partial charge in [-0.25, -0.2) is 0 Å². The fraction of sp³-hybridized carbons (Fsp3) is 0.462. The Balaban J connectivity index is 2.13. The zero-order chi connectivity index (χ0) is 13.1. The molecule has 1 saturated carbocycles. The van der Waals surface area contributed by atoms with Crippen LogP contribution in [-0.4, -0.2) is 11.0 Å². The first-order valence-corrected chi connectivity index (χ1v) is 6.10. The molecule has 1 aliphatic rings. The van der Waals surface area contributed by atoms with Gasteiger partial charge in [0.1, 0.15) is 5.69 Å². The van der Waals surface area contributed by atoms with Crippen LogP contribution in [0.5, 0.6) is 0 Å². The normalized spacial score (nSPS) is 21.1. The standard InChI is InChI=1S/C13H15N3O2/c1-2-3-10-7-12(10)15-11-5-4-9(8-14)6-13(11)16(17)18/h4-6,10,12,15H,2-3,7H2,1H3. The van der Waals surface area contributed by atoms with Gasteiger partial charge in [0.15, 0.2) is 0 Å².